The zero-order valence-electron chi connectivity index (χ0n) is 27.7. The van der Waals surface area contributed by atoms with E-state index in [9.17, 15) is 18.4 Å². The molecule has 250 valence electrons. The molecule has 0 radical (unpaired) electrons. The SMILES string of the molecule is COc1ccc(-c2cc(C)nc(C)c2)cc1CN(C(=O)c1sc2c(F)ccc(F)c2c1Cl)[C@H]1CC[C@H](N(C)C(=O)OC(C)(C)C)CC1. The number of hydrogen-bond acceptors (Lipinski definition) is 6. The second-order valence-corrected chi connectivity index (χ2v) is 14.5. The highest BCUT2D eigenvalue weighted by atomic mass is 35.5. The molecule has 1 aliphatic rings. The van der Waals surface area contributed by atoms with E-state index in [4.69, 9.17) is 21.1 Å². The molecule has 1 saturated carbocycles. The summed E-state index contributed by atoms with van der Waals surface area (Å²) in [4.78, 5) is 35.2. The average molecular weight is 684 g/mol. The molecule has 2 amide bonds. The largest absolute Gasteiger partial charge is 0.496 e. The quantitative estimate of drug-likeness (QED) is 0.194. The number of carbonyl (C=O) groups excluding carboxylic acids is 2. The molecule has 0 unspecified atom stereocenters. The summed E-state index contributed by atoms with van der Waals surface area (Å²) in [6.07, 6.45) is 2.08. The third-order valence-corrected chi connectivity index (χ3v) is 10.2. The minimum atomic E-state index is -0.684. The van der Waals surface area contributed by atoms with Gasteiger partial charge in [0.05, 0.1) is 22.2 Å². The number of nitrogens with zero attached hydrogens (tertiary/aromatic N) is 3. The standard InChI is InChI=1S/C36H40ClF2N3O4S/c1-20-16-23(17-21(2)40-20)22-8-15-29(45-7)24(18-22)19-42(26-11-9-25(10-12-26)41(6)35(44)46-36(3,4)5)34(43)33-31(37)30-27(38)13-14-28(39)32(30)47-33/h8,13-18,25-26H,9-12,19H2,1-7H3/t25-,26-. The summed E-state index contributed by atoms with van der Waals surface area (Å²) in [5.74, 6) is -1.13. The molecule has 47 heavy (non-hydrogen) atoms. The average Bonchev–Trinajstić information content (AvgIpc) is 3.38. The number of ether oxygens (including phenoxy) is 2. The predicted octanol–water partition coefficient (Wildman–Crippen LogP) is 9.34. The first-order valence-electron chi connectivity index (χ1n) is 15.6. The monoisotopic (exact) mass is 683 g/mol. The number of methoxy groups -OCH3 is 1. The number of halogens is 3. The molecule has 7 nitrogen and oxygen atoms in total. The van der Waals surface area contributed by atoms with Crippen molar-refractivity contribution in [3.63, 3.8) is 0 Å². The zero-order valence-corrected chi connectivity index (χ0v) is 29.3. The number of carbonyl (C=O) groups is 2. The van der Waals surface area contributed by atoms with Gasteiger partial charge in [-0.2, -0.15) is 0 Å². The fourth-order valence-electron chi connectivity index (χ4n) is 6.24. The zero-order chi connectivity index (χ0) is 34.2. The van der Waals surface area contributed by atoms with Crippen LogP contribution in [0.1, 0.15) is 73.1 Å². The maximum Gasteiger partial charge on any atom is 0.410 e. The van der Waals surface area contributed by atoms with Gasteiger partial charge >= 0.3 is 6.09 Å². The van der Waals surface area contributed by atoms with E-state index >= 15 is 0 Å². The van der Waals surface area contributed by atoms with Crippen molar-refractivity contribution in [3.8, 4) is 16.9 Å². The van der Waals surface area contributed by atoms with Gasteiger partial charge in [0.25, 0.3) is 5.91 Å². The van der Waals surface area contributed by atoms with Gasteiger partial charge in [-0.25, -0.2) is 13.6 Å². The highest BCUT2D eigenvalue weighted by Gasteiger charge is 2.35. The van der Waals surface area contributed by atoms with Gasteiger partial charge < -0.3 is 19.3 Å². The summed E-state index contributed by atoms with van der Waals surface area (Å²) >= 11 is 7.49. The van der Waals surface area contributed by atoms with Crippen LogP contribution in [-0.4, -0.2) is 58.6 Å². The van der Waals surface area contributed by atoms with Crippen molar-refractivity contribution < 1.29 is 27.8 Å². The van der Waals surface area contributed by atoms with Gasteiger partial charge in [0.15, 0.2) is 0 Å². The van der Waals surface area contributed by atoms with Crippen molar-refractivity contribution in [2.24, 2.45) is 0 Å². The second-order valence-electron chi connectivity index (χ2n) is 13.1. The Bertz CT molecular complexity index is 1790. The van der Waals surface area contributed by atoms with Gasteiger partial charge in [-0.1, -0.05) is 17.7 Å². The van der Waals surface area contributed by atoms with Gasteiger partial charge in [-0.15, -0.1) is 11.3 Å². The van der Waals surface area contributed by atoms with E-state index in [2.05, 4.69) is 4.98 Å². The molecule has 0 atom stereocenters. The van der Waals surface area contributed by atoms with Crippen molar-refractivity contribution in [3.05, 3.63) is 81.0 Å². The smallest absolute Gasteiger partial charge is 0.410 e. The summed E-state index contributed by atoms with van der Waals surface area (Å²) in [5, 5.41) is -0.190. The molecule has 11 heteroatoms. The predicted molar refractivity (Wildman–Crippen MR) is 182 cm³/mol. The van der Waals surface area contributed by atoms with Crippen LogP contribution in [0.5, 0.6) is 5.75 Å². The number of amides is 2. The van der Waals surface area contributed by atoms with Crippen LogP contribution in [0.15, 0.2) is 42.5 Å². The Kier molecular flexibility index (Phi) is 10.1. The Hall–Kier alpha value is -3.76. The minimum Gasteiger partial charge on any atom is -0.496 e. The molecule has 0 spiro atoms. The molecular weight excluding hydrogens is 644 g/mol. The Labute approximate surface area is 283 Å². The van der Waals surface area contributed by atoms with Crippen molar-refractivity contribution in [1.29, 1.82) is 0 Å². The van der Waals surface area contributed by atoms with Crippen molar-refractivity contribution in [2.45, 2.75) is 84.5 Å². The molecule has 0 aliphatic heterocycles. The van der Waals surface area contributed by atoms with E-state index in [-0.39, 0.29) is 38.6 Å². The number of thiophene rings is 1. The number of pyridine rings is 1. The molecule has 5 rings (SSSR count). The van der Waals surface area contributed by atoms with Crippen LogP contribution < -0.4 is 4.74 Å². The highest BCUT2D eigenvalue weighted by molar-refractivity contribution is 7.21. The third kappa shape index (κ3) is 7.54. The van der Waals surface area contributed by atoms with Gasteiger partial charge in [-0.05, 0) is 108 Å². The molecule has 0 bridgehead atoms. The summed E-state index contributed by atoms with van der Waals surface area (Å²) < 4.78 is 40.9. The Morgan fingerprint density at radius 1 is 0.957 bits per heavy atom. The molecule has 4 aromatic rings. The number of benzene rings is 2. The van der Waals surface area contributed by atoms with Crippen LogP contribution in [0.3, 0.4) is 0 Å². The lowest BCUT2D eigenvalue weighted by molar-refractivity contribution is 0.0144. The molecule has 2 aromatic carbocycles. The Balaban J connectivity index is 1.51. The van der Waals surface area contributed by atoms with Crippen LogP contribution in [0.2, 0.25) is 5.02 Å². The Morgan fingerprint density at radius 3 is 2.17 bits per heavy atom. The third-order valence-electron chi connectivity index (χ3n) is 8.51. The second kappa shape index (κ2) is 13.8. The van der Waals surface area contributed by atoms with Crippen molar-refractivity contribution >= 4 is 45.0 Å². The molecule has 1 fully saturated rings. The summed E-state index contributed by atoms with van der Waals surface area (Å²) in [5.41, 5.74) is 3.86. The van der Waals surface area contributed by atoms with Gasteiger partial charge in [0.1, 0.15) is 27.9 Å². The number of hydrogen-bond donors (Lipinski definition) is 0. The van der Waals surface area contributed by atoms with Crippen LogP contribution in [0.4, 0.5) is 13.6 Å². The van der Waals surface area contributed by atoms with E-state index in [1.807, 2.05) is 65.0 Å². The first-order chi connectivity index (χ1) is 22.2. The van der Waals surface area contributed by atoms with Crippen LogP contribution in [-0.2, 0) is 11.3 Å². The van der Waals surface area contributed by atoms with Crippen LogP contribution in [0, 0.1) is 25.5 Å². The lowest BCUT2D eigenvalue weighted by Gasteiger charge is -2.40. The molecule has 0 N–H and O–H groups in total. The first-order valence-corrected chi connectivity index (χ1v) is 16.8. The lowest BCUT2D eigenvalue weighted by atomic mass is 9.89. The summed E-state index contributed by atoms with van der Waals surface area (Å²) in [7, 11) is 3.32. The molecule has 2 aromatic heterocycles. The van der Waals surface area contributed by atoms with Crippen LogP contribution in [0.25, 0.3) is 21.2 Å². The lowest BCUT2D eigenvalue weighted by Crippen LogP contribution is -2.47. The molecule has 0 saturated heterocycles. The molecular formula is C36H40ClF2N3O4S. The molecule has 2 heterocycles. The number of aryl methyl sites for hydroxylation is 2. The number of aromatic nitrogens is 1. The maximum atomic E-state index is 14.8. The minimum absolute atomic E-state index is 0.00370. The Morgan fingerprint density at radius 2 is 1.57 bits per heavy atom. The number of fused-ring (bicyclic) bond motifs is 1. The normalized spacial score (nSPS) is 16.6. The van der Waals surface area contributed by atoms with E-state index < -0.39 is 29.2 Å². The number of rotatable bonds is 7. The topological polar surface area (TPSA) is 72.0 Å². The van der Waals surface area contributed by atoms with Crippen molar-refractivity contribution in [1.82, 2.24) is 14.8 Å². The van der Waals surface area contributed by atoms with Crippen molar-refractivity contribution in [2.75, 3.05) is 14.2 Å². The fourth-order valence-corrected chi connectivity index (χ4v) is 7.74. The van der Waals surface area contributed by atoms with E-state index in [1.54, 1.807) is 24.0 Å². The van der Waals surface area contributed by atoms with E-state index in [0.29, 0.717) is 31.4 Å². The highest BCUT2D eigenvalue weighted by Crippen LogP contribution is 2.41. The van der Waals surface area contributed by atoms with E-state index in [1.165, 1.54) is 0 Å². The van der Waals surface area contributed by atoms with Gasteiger partial charge in [0.2, 0.25) is 0 Å². The van der Waals surface area contributed by atoms with Gasteiger partial charge in [0, 0.05) is 42.6 Å². The van der Waals surface area contributed by atoms with Gasteiger partial charge in [-0.3, -0.25) is 9.78 Å². The first kappa shape index (κ1) is 34.6. The fraction of sp³-hybridized carbons (Fsp3) is 0.417. The summed E-state index contributed by atoms with van der Waals surface area (Å²) in [6.45, 7) is 9.55. The molecule has 1 aliphatic carbocycles. The summed E-state index contributed by atoms with van der Waals surface area (Å²) in [6, 6.07) is 11.6. The van der Waals surface area contributed by atoms with Crippen LogP contribution >= 0.6 is 22.9 Å². The van der Waals surface area contributed by atoms with E-state index in [0.717, 1.165) is 51.5 Å². The maximum absolute atomic E-state index is 14.8.